The Hall–Kier alpha value is -0.770. The Kier molecular flexibility index (Phi) is 5.25. The summed E-state index contributed by atoms with van der Waals surface area (Å²) in [5.41, 5.74) is 8.07. The second-order valence-corrected chi connectivity index (χ2v) is 4.73. The van der Waals surface area contributed by atoms with Gasteiger partial charge in [-0.2, -0.15) is 0 Å². The van der Waals surface area contributed by atoms with Crippen LogP contribution in [0, 0.1) is 12.8 Å². The summed E-state index contributed by atoms with van der Waals surface area (Å²) in [5, 5.41) is 3.93. The fourth-order valence-corrected chi connectivity index (χ4v) is 2.29. The monoisotopic (exact) mass is 256 g/mol. The molecule has 17 heavy (non-hydrogen) atoms. The van der Waals surface area contributed by atoms with Crippen molar-refractivity contribution < 1.29 is 4.74 Å². The van der Waals surface area contributed by atoms with Gasteiger partial charge in [0.1, 0.15) is 5.75 Å². The van der Waals surface area contributed by atoms with Crippen LogP contribution in [-0.4, -0.2) is 20.7 Å². The van der Waals surface area contributed by atoms with E-state index in [0.29, 0.717) is 23.2 Å². The summed E-state index contributed by atoms with van der Waals surface area (Å²) >= 11 is 6.17. The van der Waals surface area contributed by atoms with Crippen molar-refractivity contribution in [2.45, 2.75) is 19.9 Å². The molecule has 0 bridgehead atoms. The number of hydrogen-bond acceptors (Lipinski definition) is 3. The van der Waals surface area contributed by atoms with Crippen molar-refractivity contribution in [1.82, 2.24) is 5.32 Å². The standard InChI is InChI=1S/C13H21ClN2O/c1-8-5-12(17-4)11(14)6-10(8)13(16-3)9(2)7-15/h5-6,9,13,16H,7,15H2,1-4H3. The fourth-order valence-electron chi connectivity index (χ4n) is 2.04. The van der Waals surface area contributed by atoms with Gasteiger partial charge in [-0.1, -0.05) is 18.5 Å². The number of halogens is 1. The first-order valence-electron chi connectivity index (χ1n) is 5.76. The van der Waals surface area contributed by atoms with Crippen LogP contribution in [0.1, 0.15) is 24.1 Å². The van der Waals surface area contributed by atoms with Gasteiger partial charge >= 0.3 is 0 Å². The maximum Gasteiger partial charge on any atom is 0.137 e. The van der Waals surface area contributed by atoms with Crippen molar-refractivity contribution in [1.29, 1.82) is 0 Å². The smallest absolute Gasteiger partial charge is 0.137 e. The molecule has 0 amide bonds. The number of hydrogen-bond donors (Lipinski definition) is 2. The normalized spacial score (nSPS) is 14.5. The molecule has 0 spiro atoms. The fraction of sp³-hybridized carbons (Fsp3) is 0.538. The summed E-state index contributed by atoms with van der Waals surface area (Å²) in [5.74, 6) is 1.06. The predicted molar refractivity (Wildman–Crippen MR) is 72.8 cm³/mol. The average molecular weight is 257 g/mol. The second-order valence-electron chi connectivity index (χ2n) is 4.32. The molecule has 96 valence electrons. The molecule has 1 aromatic carbocycles. The molecule has 2 unspecified atom stereocenters. The third kappa shape index (κ3) is 3.12. The van der Waals surface area contributed by atoms with Gasteiger partial charge in [-0.05, 0) is 49.7 Å². The van der Waals surface area contributed by atoms with Crippen LogP contribution in [0.15, 0.2) is 12.1 Å². The zero-order chi connectivity index (χ0) is 13.0. The highest BCUT2D eigenvalue weighted by Crippen LogP contribution is 2.32. The minimum absolute atomic E-state index is 0.211. The summed E-state index contributed by atoms with van der Waals surface area (Å²) in [4.78, 5) is 0. The molecule has 3 nitrogen and oxygen atoms in total. The largest absolute Gasteiger partial charge is 0.495 e. The Bertz CT molecular complexity index is 382. The molecule has 0 fully saturated rings. The molecule has 0 saturated carbocycles. The molecule has 0 aliphatic carbocycles. The number of ether oxygens (including phenoxy) is 1. The minimum atomic E-state index is 0.211. The van der Waals surface area contributed by atoms with Gasteiger partial charge in [0.2, 0.25) is 0 Å². The van der Waals surface area contributed by atoms with Crippen molar-refractivity contribution in [3.8, 4) is 5.75 Å². The van der Waals surface area contributed by atoms with Gasteiger partial charge in [0.15, 0.2) is 0 Å². The van der Waals surface area contributed by atoms with Crippen molar-refractivity contribution in [3.05, 3.63) is 28.3 Å². The van der Waals surface area contributed by atoms with Crippen LogP contribution in [0.2, 0.25) is 5.02 Å². The van der Waals surface area contributed by atoms with Gasteiger partial charge in [0.05, 0.1) is 12.1 Å². The lowest BCUT2D eigenvalue weighted by molar-refractivity contribution is 0.407. The first kappa shape index (κ1) is 14.3. The Morgan fingerprint density at radius 2 is 2.12 bits per heavy atom. The van der Waals surface area contributed by atoms with Crippen molar-refractivity contribution >= 4 is 11.6 Å². The highest BCUT2D eigenvalue weighted by molar-refractivity contribution is 6.32. The number of nitrogens with two attached hydrogens (primary N) is 1. The van der Waals surface area contributed by atoms with E-state index in [-0.39, 0.29) is 6.04 Å². The van der Waals surface area contributed by atoms with Crippen LogP contribution >= 0.6 is 11.6 Å². The summed E-state index contributed by atoms with van der Waals surface area (Å²) in [7, 11) is 3.56. The predicted octanol–water partition coefficient (Wildman–Crippen LogP) is 2.51. The van der Waals surface area contributed by atoms with E-state index in [1.165, 1.54) is 5.56 Å². The highest BCUT2D eigenvalue weighted by atomic mass is 35.5. The van der Waals surface area contributed by atoms with Crippen molar-refractivity contribution in [2.24, 2.45) is 11.7 Å². The molecule has 1 aromatic rings. The van der Waals surface area contributed by atoms with Crippen LogP contribution in [0.25, 0.3) is 0 Å². The Balaban J connectivity index is 3.16. The van der Waals surface area contributed by atoms with E-state index in [2.05, 4.69) is 19.2 Å². The van der Waals surface area contributed by atoms with Crippen LogP contribution in [-0.2, 0) is 0 Å². The van der Waals surface area contributed by atoms with Crippen LogP contribution in [0.3, 0.4) is 0 Å². The number of aryl methyl sites for hydroxylation is 1. The van der Waals surface area contributed by atoms with Gasteiger partial charge < -0.3 is 15.8 Å². The zero-order valence-corrected chi connectivity index (χ0v) is 11.6. The molecule has 0 aliphatic heterocycles. The molecule has 3 N–H and O–H groups in total. The Morgan fingerprint density at radius 3 is 2.59 bits per heavy atom. The zero-order valence-electron chi connectivity index (χ0n) is 10.9. The van der Waals surface area contributed by atoms with E-state index in [0.717, 1.165) is 5.56 Å². The molecule has 0 aliphatic rings. The van der Waals surface area contributed by atoms with E-state index in [4.69, 9.17) is 22.1 Å². The van der Waals surface area contributed by atoms with E-state index in [1.807, 2.05) is 19.2 Å². The summed E-state index contributed by atoms with van der Waals surface area (Å²) in [6.45, 7) is 4.81. The summed E-state index contributed by atoms with van der Waals surface area (Å²) in [6.07, 6.45) is 0. The highest BCUT2D eigenvalue weighted by Gasteiger charge is 2.19. The topological polar surface area (TPSA) is 47.3 Å². The van der Waals surface area contributed by atoms with Crippen molar-refractivity contribution in [2.75, 3.05) is 20.7 Å². The van der Waals surface area contributed by atoms with E-state index in [1.54, 1.807) is 7.11 Å². The molecule has 0 radical (unpaired) electrons. The number of nitrogens with one attached hydrogen (secondary N) is 1. The van der Waals surface area contributed by atoms with Gasteiger partial charge in [-0.3, -0.25) is 0 Å². The molecular weight excluding hydrogens is 236 g/mol. The lowest BCUT2D eigenvalue weighted by Crippen LogP contribution is -2.29. The van der Waals surface area contributed by atoms with Gasteiger partial charge in [0, 0.05) is 6.04 Å². The Morgan fingerprint density at radius 1 is 1.47 bits per heavy atom. The SMILES string of the molecule is CNC(c1cc(Cl)c(OC)cc1C)C(C)CN. The molecule has 2 atom stereocenters. The number of benzene rings is 1. The van der Waals surface area contributed by atoms with Crippen LogP contribution in [0.5, 0.6) is 5.75 Å². The van der Waals surface area contributed by atoms with E-state index in [9.17, 15) is 0 Å². The Labute approximate surface area is 108 Å². The summed E-state index contributed by atoms with van der Waals surface area (Å²) in [6, 6.07) is 4.14. The average Bonchev–Trinajstić information content (AvgIpc) is 2.33. The third-order valence-corrected chi connectivity index (χ3v) is 3.42. The van der Waals surface area contributed by atoms with Gasteiger partial charge in [0.25, 0.3) is 0 Å². The number of rotatable bonds is 5. The molecule has 0 heterocycles. The molecule has 4 heteroatoms. The maximum atomic E-state index is 6.17. The molecule has 1 rings (SSSR count). The van der Waals surface area contributed by atoms with Crippen LogP contribution < -0.4 is 15.8 Å². The summed E-state index contributed by atoms with van der Waals surface area (Å²) < 4.78 is 5.20. The quantitative estimate of drug-likeness (QED) is 0.851. The first-order chi connectivity index (χ1) is 8.04. The van der Waals surface area contributed by atoms with Gasteiger partial charge in [-0.15, -0.1) is 0 Å². The van der Waals surface area contributed by atoms with Crippen LogP contribution in [0.4, 0.5) is 0 Å². The molecule has 0 saturated heterocycles. The third-order valence-electron chi connectivity index (χ3n) is 3.13. The molecule has 0 aromatic heterocycles. The molecular formula is C13H21ClN2O. The van der Waals surface area contributed by atoms with E-state index >= 15 is 0 Å². The first-order valence-corrected chi connectivity index (χ1v) is 6.14. The minimum Gasteiger partial charge on any atom is -0.495 e. The van der Waals surface area contributed by atoms with Gasteiger partial charge in [-0.25, -0.2) is 0 Å². The number of methoxy groups -OCH3 is 1. The maximum absolute atomic E-state index is 6.17. The lowest BCUT2D eigenvalue weighted by atomic mass is 9.91. The van der Waals surface area contributed by atoms with Crippen molar-refractivity contribution in [3.63, 3.8) is 0 Å². The van der Waals surface area contributed by atoms with E-state index < -0.39 is 0 Å². The second kappa shape index (κ2) is 6.24. The lowest BCUT2D eigenvalue weighted by Gasteiger charge is -2.25.